The Morgan fingerprint density at radius 2 is 1.88 bits per heavy atom. The molecule has 0 saturated carbocycles. The minimum Gasteiger partial charge on any atom is -0.352 e. The van der Waals surface area contributed by atoms with Gasteiger partial charge in [0.2, 0.25) is 0 Å². The highest BCUT2D eigenvalue weighted by atomic mass is 16.1. The second-order valence-electron chi connectivity index (χ2n) is 4.12. The molecule has 5 N–H and O–H groups in total. The minimum atomic E-state index is -0.863. The zero-order valence-electron chi connectivity index (χ0n) is 9.79. The van der Waals surface area contributed by atoms with Gasteiger partial charge in [0.25, 0.3) is 5.91 Å². The number of nitrogens with one attached hydrogen (secondary N) is 1. The molecule has 1 amide bonds. The van der Waals surface area contributed by atoms with Crippen LogP contribution in [-0.4, -0.2) is 12.5 Å². The lowest BCUT2D eigenvalue weighted by Gasteiger charge is -2.19. The highest BCUT2D eigenvalue weighted by Gasteiger charge is 2.14. The lowest BCUT2D eigenvalue weighted by molar-refractivity contribution is 0.0953. The third-order valence-electron chi connectivity index (χ3n) is 2.30. The quantitative estimate of drug-likeness (QED) is 0.661. The summed E-state index contributed by atoms with van der Waals surface area (Å²) in [4.78, 5) is 11.6. The molecule has 16 heavy (non-hydrogen) atoms. The summed E-state index contributed by atoms with van der Waals surface area (Å²) in [5, 5.41) is 2.81. The van der Waals surface area contributed by atoms with Crippen LogP contribution in [0, 0.1) is 0 Å². The maximum absolute atomic E-state index is 11.6. The summed E-state index contributed by atoms with van der Waals surface area (Å²) >= 11 is 0. The summed E-state index contributed by atoms with van der Waals surface area (Å²) in [7, 11) is 0. The van der Waals surface area contributed by atoms with Gasteiger partial charge in [-0.05, 0) is 31.0 Å². The Balaban J connectivity index is 2.75. The maximum atomic E-state index is 11.6. The van der Waals surface area contributed by atoms with E-state index in [1.165, 1.54) is 0 Å². The standard InChI is InChI=1S/C12H19N3O/c1-3-8-15-11(16)9-4-6-10(7-5-9)12(2,13)14/h4-7H,3,8,13-14H2,1-2H3,(H,15,16). The van der Waals surface area contributed by atoms with Gasteiger partial charge in [0.05, 0.1) is 5.66 Å². The number of amides is 1. The lowest BCUT2D eigenvalue weighted by atomic mass is 10.0. The first-order valence-electron chi connectivity index (χ1n) is 5.41. The van der Waals surface area contributed by atoms with Gasteiger partial charge >= 0.3 is 0 Å². The van der Waals surface area contributed by atoms with Gasteiger partial charge in [-0.3, -0.25) is 4.79 Å². The van der Waals surface area contributed by atoms with E-state index in [-0.39, 0.29) is 5.91 Å². The predicted molar refractivity (Wildman–Crippen MR) is 64.8 cm³/mol. The van der Waals surface area contributed by atoms with E-state index in [4.69, 9.17) is 11.5 Å². The monoisotopic (exact) mass is 221 g/mol. The number of hydrogen-bond acceptors (Lipinski definition) is 3. The highest BCUT2D eigenvalue weighted by Crippen LogP contribution is 2.12. The van der Waals surface area contributed by atoms with Crippen LogP contribution in [-0.2, 0) is 5.66 Å². The second kappa shape index (κ2) is 5.09. The highest BCUT2D eigenvalue weighted by molar-refractivity contribution is 5.94. The molecule has 1 aromatic carbocycles. The van der Waals surface area contributed by atoms with Gasteiger partial charge in [-0.2, -0.15) is 0 Å². The summed E-state index contributed by atoms with van der Waals surface area (Å²) in [6, 6.07) is 7.03. The van der Waals surface area contributed by atoms with Gasteiger partial charge in [0.1, 0.15) is 0 Å². The molecule has 0 heterocycles. The van der Waals surface area contributed by atoms with Crippen LogP contribution in [0.1, 0.15) is 36.2 Å². The Kier molecular flexibility index (Phi) is 4.04. The number of hydrogen-bond donors (Lipinski definition) is 3. The molecule has 0 saturated heterocycles. The topological polar surface area (TPSA) is 81.1 Å². The average molecular weight is 221 g/mol. The van der Waals surface area contributed by atoms with Crippen LogP contribution >= 0.6 is 0 Å². The molecule has 0 spiro atoms. The van der Waals surface area contributed by atoms with Crippen LogP contribution in [0.4, 0.5) is 0 Å². The van der Waals surface area contributed by atoms with Crippen LogP contribution in [0.2, 0.25) is 0 Å². The van der Waals surface area contributed by atoms with Gasteiger partial charge in [-0.25, -0.2) is 0 Å². The smallest absolute Gasteiger partial charge is 0.251 e. The fourth-order valence-corrected chi connectivity index (χ4v) is 1.32. The van der Waals surface area contributed by atoms with Gasteiger partial charge in [-0.1, -0.05) is 19.1 Å². The maximum Gasteiger partial charge on any atom is 0.251 e. The molecule has 0 aliphatic heterocycles. The van der Waals surface area contributed by atoms with Crippen molar-refractivity contribution in [1.29, 1.82) is 0 Å². The van der Waals surface area contributed by atoms with Crippen LogP contribution in [0.5, 0.6) is 0 Å². The van der Waals surface area contributed by atoms with Gasteiger partial charge < -0.3 is 16.8 Å². The van der Waals surface area contributed by atoms with E-state index in [1.54, 1.807) is 31.2 Å². The number of benzene rings is 1. The Morgan fingerprint density at radius 3 is 2.31 bits per heavy atom. The fraction of sp³-hybridized carbons (Fsp3) is 0.417. The van der Waals surface area contributed by atoms with Crippen molar-refractivity contribution in [3.8, 4) is 0 Å². The van der Waals surface area contributed by atoms with Gasteiger partial charge in [-0.15, -0.1) is 0 Å². The molecule has 4 nitrogen and oxygen atoms in total. The summed E-state index contributed by atoms with van der Waals surface area (Å²) in [5.74, 6) is -0.0656. The number of nitrogens with two attached hydrogens (primary N) is 2. The SMILES string of the molecule is CCCNC(=O)c1ccc(C(C)(N)N)cc1. The molecular formula is C12H19N3O. The van der Waals surface area contributed by atoms with E-state index >= 15 is 0 Å². The zero-order valence-corrected chi connectivity index (χ0v) is 9.79. The van der Waals surface area contributed by atoms with Crippen molar-refractivity contribution >= 4 is 5.91 Å². The normalized spacial score (nSPS) is 11.2. The molecule has 4 heteroatoms. The number of carbonyl (C=O) groups excluding carboxylic acids is 1. The molecule has 0 bridgehead atoms. The van der Waals surface area contributed by atoms with Crippen molar-refractivity contribution < 1.29 is 4.79 Å². The third-order valence-corrected chi connectivity index (χ3v) is 2.30. The predicted octanol–water partition coefficient (Wildman–Crippen LogP) is 0.917. The van der Waals surface area contributed by atoms with E-state index in [0.717, 1.165) is 12.0 Å². The average Bonchev–Trinajstić information content (AvgIpc) is 2.25. The molecule has 1 rings (SSSR count). The van der Waals surface area contributed by atoms with Crippen molar-refractivity contribution in [2.24, 2.45) is 11.5 Å². The summed E-state index contributed by atoms with van der Waals surface area (Å²) in [5.41, 5.74) is 12.0. The summed E-state index contributed by atoms with van der Waals surface area (Å²) < 4.78 is 0. The molecule has 1 aromatic rings. The van der Waals surface area contributed by atoms with Crippen LogP contribution in [0.25, 0.3) is 0 Å². The molecule has 0 radical (unpaired) electrons. The Morgan fingerprint density at radius 1 is 1.31 bits per heavy atom. The van der Waals surface area contributed by atoms with Crippen molar-refractivity contribution in [2.75, 3.05) is 6.54 Å². The zero-order chi connectivity index (χ0) is 12.2. The first kappa shape index (κ1) is 12.7. The van der Waals surface area contributed by atoms with Crippen LogP contribution < -0.4 is 16.8 Å². The first-order valence-corrected chi connectivity index (χ1v) is 5.41. The lowest BCUT2D eigenvalue weighted by Crippen LogP contribution is -2.42. The van der Waals surface area contributed by atoms with Crippen LogP contribution in [0.15, 0.2) is 24.3 Å². The van der Waals surface area contributed by atoms with E-state index in [9.17, 15) is 4.79 Å². The van der Waals surface area contributed by atoms with E-state index < -0.39 is 5.66 Å². The van der Waals surface area contributed by atoms with E-state index in [1.807, 2.05) is 6.92 Å². The number of carbonyl (C=O) groups is 1. The Labute approximate surface area is 96.0 Å². The molecule has 0 aliphatic rings. The fourth-order valence-electron chi connectivity index (χ4n) is 1.32. The Hall–Kier alpha value is -1.39. The van der Waals surface area contributed by atoms with E-state index in [2.05, 4.69) is 5.32 Å². The molecule has 0 unspecified atom stereocenters. The summed E-state index contributed by atoms with van der Waals surface area (Å²) in [6.07, 6.45) is 0.924. The Bertz CT molecular complexity index is 352. The van der Waals surface area contributed by atoms with Crippen molar-refractivity contribution in [3.05, 3.63) is 35.4 Å². The van der Waals surface area contributed by atoms with Crippen molar-refractivity contribution in [1.82, 2.24) is 5.32 Å². The van der Waals surface area contributed by atoms with Gasteiger partial charge in [0.15, 0.2) is 0 Å². The molecule has 0 fully saturated rings. The molecule has 88 valence electrons. The largest absolute Gasteiger partial charge is 0.352 e. The van der Waals surface area contributed by atoms with E-state index in [0.29, 0.717) is 12.1 Å². The number of rotatable bonds is 4. The summed E-state index contributed by atoms with van der Waals surface area (Å²) in [6.45, 7) is 4.42. The van der Waals surface area contributed by atoms with Crippen LogP contribution in [0.3, 0.4) is 0 Å². The van der Waals surface area contributed by atoms with Crippen molar-refractivity contribution in [2.45, 2.75) is 25.9 Å². The minimum absolute atomic E-state index is 0.0656. The third kappa shape index (κ3) is 3.32. The molecular weight excluding hydrogens is 202 g/mol. The van der Waals surface area contributed by atoms with Gasteiger partial charge in [0, 0.05) is 12.1 Å². The van der Waals surface area contributed by atoms with Crippen molar-refractivity contribution in [3.63, 3.8) is 0 Å². The molecule has 0 atom stereocenters. The second-order valence-corrected chi connectivity index (χ2v) is 4.12. The molecule has 0 aromatic heterocycles. The molecule has 0 aliphatic carbocycles. The first-order chi connectivity index (χ1) is 7.45.